The molecule has 6 heteroatoms. The van der Waals surface area contributed by atoms with Crippen LogP contribution in [0.5, 0.6) is 0 Å². The van der Waals surface area contributed by atoms with E-state index in [1.807, 2.05) is 0 Å². The third kappa shape index (κ3) is 28.1. The maximum Gasteiger partial charge on any atom is 0.746 e. The van der Waals surface area contributed by atoms with Gasteiger partial charge in [0.1, 0.15) is 6.26 Å². The van der Waals surface area contributed by atoms with Crippen LogP contribution in [-0.4, -0.2) is 10.8 Å². The van der Waals surface area contributed by atoms with Crippen molar-refractivity contribution in [3.8, 4) is 0 Å². The van der Waals surface area contributed by atoms with Gasteiger partial charge in [-0.2, -0.15) is 0 Å². The number of rotatable bonds is 3. The fourth-order valence-corrected chi connectivity index (χ4v) is 0.191. The molecule has 5 nitrogen and oxygen atoms in total. The molecular formula is C5H9NO4P+. The molecule has 0 bridgehead atoms. The number of nitrogens with two attached hydrogens (primary N) is 1. The van der Waals surface area contributed by atoms with Crippen molar-refractivity contribution in [3.05, 3.63) is 25.5 Å². The molecule has 1 atom stereocenters. The lowest BCUT2D eigenvalue weighted by atomic mass is 10.6. The predicted octanol–water partition coefficient (Wildman–Crippen LogP) is 0.454. The topological polar surface area (TPSA) is 89.6 Å². The van der Waals surface area contributed by atoms with Crippen LogP contribution in [0.25, 0.3) is 0 Å². The van der Waals surface area contributed by atoms with E-state index in [1.165, 1.54) is 0 Å². The van der Waals surface area contributed by atoms with Crippen LogP contribution in [0.2, 0.25) is 0 Å². The fourth-order valence-electron chi connectivity index (χ4n) is 0.0638. The van der Waals surface area contributed by atoms with E-state index in [-0.39, 0.29) is 0 Å². The summed E-state index contributed by atoms with van der Waals surface area (Å²) in [5, 5.41) is 0. The quantitative estimate of drug-likeness (QED) is 0.373. The minimum atomic E-state index is -2.47. The Morgan fingerprint density at radius 1 is 1.64 bits per heavy atom. The van der Waals surface area contributed by atoms with Gasteiger partial charge in [0.15, 0.2) is 0 Å². The molecule has 0 heterocycles. The van der Waals surface area contributed by atoms with Gasteiger partial charge in [0, 0.05) is 4.57 Å². The monoisotopic (exact) mass is 178 g/mol. The Morgan fingerprint density at radius 2 is 2.00 bits per heavy atom. The fraction of sp³-hybridized carbons (Fsp3) is 0. The van der Waals surface area contributed by atoms with E-state index in [0.717, 1.165) is 12.3 Å². The van der Waals surface area contributed by atoms with Crippen LogP contribution < -0.4 is 5.73 Å². The molecule has 0 aliphatic carbocycles. The van der Waals surface area contributed by atoms with Crippen molar-refractivity contribution >= 4 is 14.2 Å². The van der Waals surface area contributed by atoms with Crippen molar-refractivity contribution in [3.63, 3.8) is 0 Å². The molecule has 0 aromatic heterocycles. The summed E-state index contributed by atoms with van der Waals surface area (Å²) in [6.45, 7) is 6.12. The Kier molecular flexibility index (Phi) is 10.00. The Bertz CT molecular complexity index is 168. The van der Waals surface area contributed by atoms with Crippen LogP contribution in [0.1, 0.15) is 0 Å². The smallest absolute Gasteiger partial charge is 0.366 e. The highest BCUT2D eigenvalue weighted by molar-refractivity contribution is 7.32. The molecule has 62 valence electrons. The predicted molar refractivity (Wildman–Crippen MR) is 40.5 cm³/mol. The molecule has 0 aromatic rings. The zero-order valence-corrected chi connectivity index (χ0v) is 6.66. The SMILES string of the molecule is C=CC(N)=O.C=CO[P+](=O)O. The number of primary amides is 1. The molecule has 0 aromatic carbocycles. The Balaban J connectivity index is 0. The molecule has 0 rings (SSSR count). The zero-order valence-electron chi connectivity index (χ0n) is 5.77. The first-order valence-electron chi connectivity index (χ1n) is 2.40. The molecule has 3 N–H and O–H groups in total. The Labute approximate surface area is 65.1 Å². The van der Waals surface area contributed by atoms with Crippen molar-refractivity contribution in [1.82, 2.24) is 0 Å². The van der Waals surface area contributed by atoms with Crippen LogP contribution in [-0.2, 0) is 13.9 Å². The molecule has 0 saturated heterocycles. The highest BCUT2D eigenvalue weighted by atomic mass is 31.1. The minimum absolute atomic E-state index is 0.481. The standard InChI is InChI=1S/C3H5NO.C2H3O3P/c1-2-3(4)5;1-2-5-6(3)4/h2H,1H2,(H2,4,5);2H,1H2/p+1. The van der Waals surface area contributed by atoms with Crippen molar-refractivity contribution in [2.75, 3.05) is 0 Å². The second kappa shape index (κ2) is 8.81. The van der Waals surface area contributed by atoms with Gasteiger partial charge in [0.25, 0.3) is 0 Å². The Hall–Kier alpha value is -1.19. The molecule has 0 fully saturated rings. The summed E-state index contributed by atoms with van der Waals surface area (Å²) < 4.78 is 13.3. The molecule has 0 aliphatic rings. The molecule has 11 heavy (non-hydrogen) atoms. The molecule has 1 unspecified atom stereocenters. The summed E-state index contributed by atoms with van der Waals surface area (Å²) in [6, 6.07) is 0. The lowest BCUT2D eigenvalue weighted by molar-refractivity contribution is -0.113. The maximum absolute atomic E-state index is 9.47. The summed E-state index contributed by atoms with van der Waals surface area (Å²) in [6.07, 6.45) is 1.97. The third-order valence-corrected chi connectivity index (χ3v) is 0.695. The van der Waals surface area contributed by atoms with E-state index in [4.69, 9.17) is 4.89 Å². The van der Waals surface area contributed by atoms with E-state index < -0.39 is 14.2 Å². The van der Waals surface area contributed by atoms with E-state index in [2.05, 4.69) is 23.4 Å². The highest BCUT2D eigenvalue weighted by Crippen LogP contribution is 2.12. The third-order valence-electron chi connectivity index (χ3n) is 0.366. The van der Waals surface area contributed by atoms with Gasteiger partial charge in [-0.1, -0.05) is 13.2 Å². The van der Waals surface area contributed by atoms with E-state index in [1.54, 1.807) is 0 Å². The summed E-state index contributed by atoms with van der Waals surface area (Å²) in [4.78, 5) is 17.2. The highest BCUT2D eigenvalue weighted by Gasteiger charge is 2.05. The van der Waals surface area contributed by atoms with Crippen molar-refractivity contribution < 1.29 is 18.8 Å². The number of amides is 1. The number of hydrogen-bond acceptors (Lipinski definition) is 3. The van der Waals surface area contributed by atoms with Crippen molar-refractivity contribution in [2.45, 2.75) is 0 Å². The second-order valence-electron chi connectivity index (χ2n) is 1.12. The zero-order chi connectivity index (χ0) is 9.28. The summed E-state index contributed by atoms with van der Waals surface area (Å²) >= 11 is 0. The van der Waals surface area contributed by atoms with E-state index in [0.29, 0.717) is 0 Å². The molecular weight excluding hydrogens is 169 g/mol. The molecule has 0 spiro atoms. The summed E-state index contributed by atoms with van der Waals surface area (Å²) in [5.41, 5.74) is 4.53. The Morgan fingerprint density at radius 3 is 2.00 bits per heavy atom. The average Bonchev–Trinajstić information content (AvgIpc) is 1.89. The van der Waals surface area contributed by atoms with Gasteiger partial charge >= 0.3 is 8.25 Å². The van der Waals surface area contributed by atoms with Gasteiger partial charge < -0.3 is 5.73 Å². The molecule has 0 saturated carbocycles. The van der Waals surface area contributed by atoms with Crippen molar-refractivity contribution in [2.24, 2.45) is 5.73 Å². The van der Waals surface area contributed by atoms with Crippen LogP contribution in [0.4, 0.5) is 0 Å². The van der Waals surface area contributed by atoms with E-state index in [9.17, 15) is 9.36 Å². The van der Waals surface area contributed by atoms with E-state index >= 15 is 0 Å². The van der Waals surface area contributed by atoms with Crippen LogP contribution in [0.3, 0.4) is 0 Å². The van der Waals surface area contributed by atoms with Crippen LogP contribution >= 0.6 is 8.25 Å². The molecule has 0 radical (unpaired) electrons. The average molecular weight is 178 g/mol. The first-order chi connectivity index (χ1) is 5.04. The number of carbonyl (C=O) groups excluding carboxylic acids is 1. The van der Waals surface area contributed by atoms with Gasteiger partial charge in [-0.05, 0) is 6.08 Å². The van der Waals surface area contributed by atoms with Gasteiger partial charge in [-0.25, -0.2) is 4.52 Å². The largest absolute Gasteiger partial charge is 0.746 e. The summed E-state index contributed by atoms with van der Waals surface area (Å²) in [5.74, 6) is -0.481. The lowest BCUT2D eigenvalue weighted by Gasteiger charge is -1.65. The normalized spacial score (nSPS) is 8.27. The van der Waals surface area contributed by atoms with Crippen LogP contribution in [0, 0.1) is 0 Å². The lowest BCUT2D eigenvalue weighted by Crippen LogP contribution is -2.04. The molecule has 1 amide bonds. The number of carbonyl (C=O) groups is 1. The van der Waals surface area contributed by atoms with Crippen LogP contribution in [0.15, 0.2) is 25.5 Å². The second-order valence-corrected chi connectivity index (χ2v) is 1.80. The summed E-state index contributed by atoms with van der Waals surface area (Å²) in [7, 11) is -2.47. The van der Waals surface area contributed by atoms with Gasteiger partial charge in [-0.3, -0.25) is 4.79 Å². The maximum atomic E-state index is 9.47. The molecule has 0 aliphatic heterocycles. The first kappa shape index (κ1) is 12.5. The van der Waals surface area contributed by atoms with Gasteiger partial charge in [-0.15, -0.1) is 4.89 Å². The minimum Gasteiger partial charge on any atom is -0.366 e. The number of hydrogen-bond donors (Lipinski definition) is 2. The van der Waals surface area contributed by atoms with Gasteiger partial charge in [0.05, 0.1) is 0 Å². The first-order valence-corrected chi connectivity index (χ1v) is 3.53. The van der Waals surface area contributed by atoms with Crippen molar-refractivity contribution in [1.29, 1.82) is 0 Å². The van der Waals surface area contributed by atoms with Gasteiger partial charge in [0.2, 0.25) is 5.91 Å².